The molecule has 0 amide bonds. The van der Waals surface area contributed by atoms with Gasteiger partial charge in [-0.3, -0.25) is 0 Å². The zero-order chi connectivity index (χ0) is 15.6. The van der Waals surface area contributed by atoms with Crippen LogP contribution in [0.15, 0.2) is 46.8 Å². The first kappa shape index (κ1) is 19.8. The van der Waals surface area contributed by atoms with Gasteiger partial charge < -0.3 is 15.4 Å². The number of benzene rings is 1. The first-order valence-electron chi connectivity index (χ1n) is 7.52. The van der Waals surface area contributed by atoms with Crippen molar-refractivity contribution in [3.05, 3.63) is 52.2 Å². The van der Waals surface area contributed by atoms with Gasteiger partial charge in [-0.15, -0.1) is 35.3 Å². The monoisotopic (exact) mass is 445 g/mol. The van der Waals surface area contributed by atoms with Gasteiger partial charge in [0.05, 0.1) is 13.1 Å². The molecule has 0 fully saturated rings. The van der Waals surface area contributed by atoms with E-state index in [1.54, 1.807) is 11.3 Å². The minimum Gasteiger partial charge on any atom is -0.491 e. The molecule has 0 radical (unpaired) electrons. The van der Waals surface area contributed by atoms with Crippen LogP contribution >= 0.6 is 35.3 Å². The molecule has 6 heteroatoms. The second kappa shape index (κ2) is 11.3. The number of nitrogens with zero attached hydrogens (tertiary/aromatic N) is 1. The lowest BCUT2D eigenvalue weighted by Gasteiger charge is -2.12. The highest BCUT2D eigenvalue weighted by atomic mass is 127. The predicted octanol–water partition coefficient (Wildman–Crippen LogP) is 3.81. The molecule has 1 aromatic heterocycles. The van der Waals surface area contributed by atoms with Crippen LogP contribution in [-0.4, -0.2) is 25.7 Å². The molecule has 2 rings (SSSR count). The van der Waals surface area contributed by atoms with E-state index in [4.69, 9.17) is 4.74 Å². The zero-order valence-electron chi connectivity index (χ0n) is 13.5. The molecule has 0 saturated carbocycles. The Kier molecular flexibility index (Phi) is 9.70. The van der Waals surface area contributed by atoms with Gasteiger partial charge in [0.15, 0.2) is 5.96 Å². The van der Waals surface area contributed by atoms with Crippen LogP contribution in [0.25, 0.3) is 0 Å². The van der Waals surface area contributed by atoms with Gasteiger partial charge in [-0.25, -0.2) is 4.99 Å². The van der Waals surface area contributed by atoms with Gasteiger partial charge in [0.25, 0.3) is 0 Å². The van der Waals surface area contributed by atoms with Gasteiger partial charge in [0.2, 0.25) is 0 Å². The van der Waals surface area contributed by atoms with E-state index < -0.39 is 0 Å². The Morgan fingerprint density at radius 2 is 2.00 bits per heavy atom. The second-order valence-electron chi connectivity index (χ2n) is 4.82. The summed E-state index contributed by atoms with van der Waals surface area (Å²) in [5, 5.41) is 8.61. The number of hydrogen-bond acceptors (Lipinski definition) is 3. The van der Waals surface area contributed by atoms with Crippen molar-refractivity contribution in [3.63, 3.8) is 0 Å². The lowest BCUT2D eigenvalue weighted by Crippen LogP contribution is -2.39. The molecule has 0 bridgehead atoms. The van der Waals surface area contributed by atoms with Crippen molar-refractivity contribution < 1.29 is 4.74 Å². The molecule has 1 heterocycles. The third-order valence-electron chi connectivity index (χ3n) is 3.06. The summed E-state index contributed by atoms with van der Waals surface area (Å²) in [6, 6.07) is 12.2. The molecule has 0 unspecified atom stereocenters. The number of para-hydroxylation sites is 1. The van der Waals surface area contributed by atoms with Gasteiger partial charge in [0, 0.05) is 11.4 Å². The van der Waals surface area contributed by atoms with Crippen molar-refractivity contribution >= 4 is 41.3 Å². The van der Waals surface area contributed by atoms with Crippen LogP contribution in [0.1, 0.15) is 17.4 Å². The summed E-state index contributed by atoms with van der Waals surface area (Å²) in [5.74, 6) is 1.76. The van der Waals surface area contributed by atoms with Crippen molar-refractivity contribution in [2.75, 3.05) is 19.7 Å². The molecule has 0 atom stereocenters. The Labute approximate surface area is 159 Å². The number of thiophene rings is 1. The minimum absolute atomic E-state index is 0. The molecule has 23 heavy (non-hydrogen) atoms. The zero-order valence-corrected chi connectivity index (χ0v) is 16.7. The van der Waals surface area contributed by atoms with Gasteiger partial charge in [-0.2, -0.15) is 0 Å². The van der Waals surface area contributed by atoms with Crippen molar-refractivity contribution in [2.45, 2.75) is 20.4 Å². The van der Waals surface area contributed by atoms with E-state index in [0.29, 0.717) is 19.7 Å². The van der Waals surface area contributed by atoms with E-state index in [-0.39, 0.29) is 24.0 Å². The lowest BCUT2D eigenvalue weighted by molar-refractivity contribution is 0.320. The summed E-state index contributed by atoms with van der Waals surface area (Å²) in [6.45, 7) is 6.97. The third-order valence-corrected chi connectivity index (χ3v) is 3.92. The fraction of sp³-hybridized carbons (Fsp3) is 0.353. The Balaban J connectivity index is 0.00000264. The van der Waals surface area contributed by atoms with Gasteiger partial charge in [-0.1, -0.05) is 24.3 Å². The van der Waals surface area contributed by atoms with Gasteiger partial charge in [-0.05, 0) is 36.9 Å². The van der Waals surface area contributed by atoms with Crippen LogP contribution in [-0.2, 0) is 6.54 Å². The van der Waals surface area contributed by atoms with Crippen molar-refractivity contribution in [1.82, 2.24) is 10.6 Å². The first-order chi connectivity index (χ1) is 10.8. The summed E-state index contributed by atoms with van der Waals surface area (Å²) in [4.78, 5) is 5.83. The van der Waals surface area contributed by atoms with Crippen LogP contribution in [0.4, 0.5) is 0 Å². The molecular formula is C17H24IN3OS. The van der Waals surface area contributed by atoms with Crippen LogP contribution in [0.2, 0.25) is 0 Å². The SMILES string of the molecule is CCNC(=NCc1cccs1)NCCOc1ccccc1C.I. The van der Waals surface area contributed by atoms with E-state index >= 15 is 0 Å². The molecule has 4 nitrogen and oxygen atoms in total. The van der Waals surface area contributed by atoms with E-state index in [0.717, 1.165) is 23.8 Å². The Hall–Kier alpha value is -1.28. The lowest BCUT2D eigenvalue weighted by atomic mass is 10.2. The normalized spacial score (nSPS) is 10.8. The highest BCUT2D eigenvalue weighted by Gasteiger charge is 2.00. The molecule has 126 valence electrons. The van der Waals surface area contributed by atoms with Crippen molar-refractivity contribution in [2.24, 2.45) is 4.99 Å². The van der Waals surface area contributed by atoms with Crippen LogP contribution < -0.4 is 15.4 Å². The van der Waals surface area contributed by atoms with Crippen LogP contribution in [0, 0.1) is 6.92 Å². The number of aryl methyl sites for hydroxylation is 1. The summed E-state index contributed by atoms with van der Waals surface area (Å²) < 4.78 is 5.77. The number of nitrogens with one attached hydrogen (secondary N) is 2. The molecule has 2 aromatic rings. The van der Waals surface area contributed by atoms with Crippen molar-refractivity contribution in [3.8, 4) is 5.75 Å². The smallest absolute Gasteiger partial charge is 0.191 e. The number of hydrogen-bond donors (Lipinski definition) is 2. The quantitative estimate of drug-likeness (QED) is 0.295. The summed E-state index contributed by atoms with van der Waals surface area (Å²) >= 11 is 1.72. The number of ether oxygens (including phenoxy) is 1. The maximum Gasteiger partial charge on any atom is 0.191 e. The number of aliphatic imine (C=N–C) groups is 1. The summed E-state index contributed by atoms with van der Waals surface area (Å²) in [7, 11) is 0. The fourth-order valence-electron chi connectivity index (χ4n) is 1.95. The van der Waals surface area contributed by atoms with E-state index in [1.165, 1.54) is 4.88 Å². The first-order valence-corrected chi connectivity index (χ1v) is 8.40. The van der Waals surface area contributed by atoms with Crippen molar-refractivity contribution in [1.29, 1.82) is 0 Å². The molecule has 0 aliphatic rings. The summed E-state index contributed by atoms with van der Waals surface area (Å²) in [6.07, 6.45) is 0. The number of halogens is 1. The minimum atomic E-state index is 0. The van der Waals surface area contributed by atoms with Crippen LogP contribution in [0.5, 0.6) is 5.75 Å². The Bertz CT molecular complexity index is 587. The maximum absolute atomic E-state index is 5.77. The highest BCUT2D eigenvalue weighted by molar-refractivity contribution is 14.0. The van der Waals surface area contributed by atoms with Crippen LogP contribution in [0.3, 0.4) is 0 Å². The number of rotatable bonds is 7. The molecule has 0 saturated heterocycles. The van der Waals surface area contributed by atoms with E-state index in [9.17, 15) is 0 Å². The van der Waals surface area contributed by atoms with Gasteiger partial charge >= 0.3 is 0 Å². The largest absolute Gasteiger partial charge is 0.491 e. The van der Waals surface area contributed by atoms with E-state index in [1.807, 2.05) is 24.3 Å². The molecule has 0 aliphatic carbocycles. The average Bonchev–Trinajstić information content (AvgIpc) is 3.04. The third kappa shape index (κ3) is 7.22. The molecule has 2 N–H and O–H groups in total. The average molecular weight is 445 g/mol. The molecule has 0 aliphatic heterocycles. The highest BCUT2D eigenvalue weighted by Crippen LogP contribution is 2.15. The molecule has 0 spiro atoms. The Morgan fingerprint density at radius 3 is 2.70 bits per heavy atom. The number of guanidine groups is 1. The standard InChI is InChI=1S/C17H23N3OS.HI/c1-3-18-17(20-13-15-8-6-12-22-15)19-10-11-21-16-9-5-4-7-14(16)2;/h4-9,12H,3,10-11,13H2,1-2H3,(H2,18,19,20);1H. The maximum atomic E-state index is 5.77. The van der Waals surface area contributed by atoms with Gasteiger partial charge in [0.1, 0.15) is 12.4 Å². The molecular weight excluding hydrogens is 421 g/mol. The Morgan fingerprint density at radius 1 is 1.17 bits per heavy atom. The predicted molar refractivity (Wildman–Crippen MR) is 109 cm³/mol. The fourth-order valence-corrected chi connectivity index (χ4v) is 2.58. The summed E-state index contributed by atoms with van der Waals surface area (Å²) in [5.41, 5.74) is 1.15. The topological polar surface area (TPSA) is 45.7 Å². The second-order valence-corrected chi connectivity index (χ2v) is 5.85. The van der Waals surface area contributed by atoms with E-state index in [2.05, 4.69) is 47.0 Å². The molecule has 1 aromatic carbocycles.